The minimum absolute atomic E-state index is 0.0128. The summed E-state index contributed by atoms with van der Waals surface area (Å²) in [6, 6.07) is 4.67. The van der Waals surface area contributed by atoms with Gasteiger partial charge in [0, 0.05) is 19.5 Å². The first kappa shape index (κ1) is 18.4. The van der Waals surface area contributed by atoms with Gasteiger partial charge in [0.05, 0.1) is 17.2 Å². The molecular formula is C18H25FN2O3. The highest BCUT2D eigenvalue weighted by Gasteiger charge is 2.37. The normalized spacial score (nSPS) is 20.4. The molecule has 0 radical (unpaired) electrons. The van der Waals surface area contributed by atoms with Crippen LogP contribution in [0.5, 0.6) is 0 Å². The van der Waals surface area contributed by atoms with E-state index in [9.17, 15) is 19.1 Å². The second-order valence-electron chi connectivity index (χ2n) is 7.09. The number of benzene rings is 1. The summed E-state index contributed by atoms with van der Waals surface area (Å²) >= 11 is 0. The van der Waals surface area contributed by atoms with Crippen molar-refractivity contribution in [3.05, 3.63) is 29.6 Å². The largest absolute Gasteiger partial charge is 0.388 e. The Morgan fingerprint density at radius 2 is 2.17 bits per heavy atom. The number of aryl methyl sites for hydroxylation is 1. The second kappa shape index (κ2) is 6.89. The number of nitrogens with zero attached hydrogens (tertiary/aromatic N) is 1. The molecule has 1 heterocycles. The van der Waals surface area contributed by atoms with Crippen LogP contribution in [-0.2, 0) is 9.59 Å². The molecule has 1 aromatic carbocycles. The molecule has 0 spiro atoms. The van der Waals surface area contributed by atoms with Crippen LogP contribution in [0.15, 0.2) is 18.2 Å². The standard InChI is InChI=1S/C18H25FN2O3/c1-11(2)18(4,24)10-20-17(23)13-8-16(22)21(9-13)15-6-5-12(3)7-14(15)19/h5-7,11,13,24H,8-10H2,1-4H3,(H,20,23). The third-order valence-electron chi connectivity index (χ3n) is 4.75. The van der Waals surface area contributed by atoms with Crippen LogP contribution in [0.3, 0.4) is 0 Å². The predicted molar refractivity (Wildman–Crippen MR) is 90.1 cm³/mol. The number of hydrogen-bond donors (Lipinski definition) is 2. The number of amides is 2. The van der Waals surface area contributed by atoms with Crippen LogP contribution in [0.4, 0.5) is 10.1 Å². The third kappa shape index (κ3) is 3.93. The molecule has 1 aliphatic rings. The van der Waals surface area contributed by atoms with Crippen molar-refractivity contribution in [1.29, 1.82) is 0 Å². The van der Waals surface area contributed by atoms with Gasteiger partial charge in [-0.1, -0.05) is 19.9 Å². The maximum absolute atomic E-state index is 14.1. The van der Waals surface area contributed by atoms with Gasteiger partial charge in [0.25, 0.3) is 0 Å². The van der Waals surface area contributed by atoms with Gasteiger partial charge in [-0.2, -0.15) is 0 Å². The highest BCUT2D eigenvalue weighted by molar-refractivity contribution is 6.00. The van der Waals surface area contributed by atoms with Gasteiger partial charge in [0.15, 0.2) is 0 Å². The fourth-order valence-corrected chi connectivity index (χ4v) is 2.56. The lowest BCUT2D eigenvalue weighted by atomic mass is 9.92. The van der Waals surface area contributed by atoms with E-state index in [0.717, 1.165) is 5.56 Å². The zero-order chi connectivity index (χ0) is 18.1. The minimum Gasteiger partial charge on any atom is -0.388 e. The minimum atomic E-state index is -1.01. The van der Waals surface area contributed by atoms with Crippen LogP contribution in [-0.4, -0.2) is 35.6 Å². The Morgan fingerprint density at radius 3 is 2.75 bits per heavy atom. The Hall–Kier alpha value is -1.95. The molecule has 0 bridgehead atoms. The number of rotatable bonds is 5. The van der Waals surface area contributed by atoms with E-state index < -0.39 is 17.3 Å². The maximum atomic E-state index is 14.1. The fraction of sp³-hybridized carbons (Fsp3) is 0.556. The van der Waals surface area contributed by atoms with Gasteiger partial charge in [-0.15, -0.1) is 0 Å². The van der Waals surface area contributed by atoms with Crippen molar-refractivity contribution >= 4 is 17.5 Å². The molecule has 5 nitrogen and oxygen atoms in total. The van der Waals surface area contributed by atoms with Crippen LogP contribution >= 0.6 is 0 Å². The summed E-state index contributed by atoms with van der Waals surface area (Å²) in [6.07, 6.45) is 0.0446. The molecule has 2 unspecified atom stereocenters. The van der Waals surface area contributed by atoms with Crippen molar-refractivity contribution < 1.29 is 19.1 Å². The zero-order valence-corrected chi connectivity index (χ0v) is 14.6. The molecule has 6 heteroatoms. The van der Waals surface area contributed by atoms with Gasteiger partial charge in [0.2, 0.25) is 11.8 Å². The lowest BCUT2D eigenvalue weighted by Gasteiger charge is -2.28. The average Bonchev–Trinajstić information content (AvgIpc) is 2.86. The quantitative estimate of drug-likeness (QED) is 0.864. The highest BCUT2D eigenvalue weighted by atomic mass is 19.1. The Bertz CT molecular complexity index is 643. The van der Waals surface area contributed by atoms with E-state index in [1.807, 2.05) is 13.8 Å². The smallest absolute Gasteiger partial charge is 0.227 e. The molecule has 1 saturated heterocycles. The van der Waals surface area contributed by atoms with Crippen molar-refractivity contribution in [1.82, 2.24) is 5.32 Å². The van der Waals surface area contributed by atoms with E-state index in [2.05, 4.69) is 5.32 Å². The monoisotopic (exact) mass is 336 g/mol. The summed E-state index contributed by atoms with van der Waals surface area (Å²) < 4.78 is 14.1. The molecule has 1 aromatic rings. The van der Waals surface area contributed by atoms with Crippen LogP contribution in [0.1, 0.15) is 32.8 Å². The molecule has 2 N–H and O–H groups in total. The number of halogens is 1. The van der Waals surface area contributed by atoms with E-state index in [-0.39, 0.29) is 42.9 Å². The first-order valence-electron chi connectivity index (χ1n) is 8.18. The lowest BCUT2D eigenvalue weighted by molar-refractivity contribution is -0.127. The average molecular weight is 336 g/mol. The third-order valence-corrected chi connectivity index (χ3v) is 4.75. The van der Waals surface area contributed by atoms with E-state index >= 15 is 0 Å². The predicted octanol–water partition coefficient (Wildman–Crippen LogP) is 2.01. The Morgan fingerprint density at radius 1 is 1.50 bits per heavy atom. The summed E-state index contributed by atoms with van der Waals surface area (Å²) in [7, 11) is 0. The van der Waals surface area contributed by atoms with Gasteiger partial charge >= 0.3 is 0 Å². The number of hydrogen-bond acceptors (Lipinski definition) is 3. The SMILES string of the molecule is Cc1ccc(N2CC(C(=O)NCC(C)(O)C(C)C)CC2=O)c(F)c1. The maximum Gasteiger partial charge on any atom is 0.227 e. The van der Waals surface area contributed by atoms with Crippen molar-refractivity contribution in [2.75, 3.05) is 18.0 Å². The molecule has 2 amide bonds. The first-order chi connectivity index (χ1) is 11.1. The van der Waals surface area contributed by atoms with Gasteiger partial charge in [-0.05, 0) is 37.5 Å². The summed E-state index contributed by atoms with van der Waals surface area (Å²) in [6.45, 7) is 7.43. The van der Waals surface area contributed by atoms with E-state index in [1.54, 1.807) is 26.0 Å². The van der Waals surface area contributed by atoms with E-state index in [4.69, 9.17) is 0 Å². The Labute approximate surface area is 141 Å². The molecular weight excluding hydrogens is 311 g/mol. The van der Waals surface area contributed by atoms with Crippen LogP contribution < -0.4 is 10.2 Å². The van der Waals surface area contributed by atoms with Crippen molar-refractivity contribution in [3.8, 4) is 0 Å². The summed E-state index contributed by atoms with van der Waals surface area (Å²) in [4.78, 5) is 25.8. The Balaban J connectivity index is 2.02. The molecule has 2 rings (SSSR count). The van der Waals surface area contributed by atoms with Crippen LogP contribution in [0.25, 0.3) is 0 Å². The molecule has 1 aliphatic heterocycles. The highest BCUT2D eigenvalue weighted by Crippen LogP contribution is 2.28. The number of aliphatic hydroxyl groups is 1. The number of anilines is 1. The number of carbonyl (C=O) groups excluding carboxylic acids is 2. The van der Waals surface area contributed by atoms with Gasteiger partial charge in [-0.3, -0.25) is 9.59 Å². The molecule has 0 saturated carbocycles. The molecule has 0 aliphatic carbocycles. The summed E-state index contributed by atoms with van der Waals surface area (Å²) in [5.41, 5.74) is -0.0377. The van der Waals surface area contributed by atoms with Gasteiger partial charge < -0.3 is 15.3 Å². The topological polar surface area (TPSA) is 69.6 Å². The molecule has 1 fully saturated rings. The van der Waals surface area contributed by atoms with Crippen molar-refractivity contribution in [3.63, 3.8) is 0 Å². The fourth-order valence-electron chi connectivity index (χ4n) is 2.56. The van der Waals surface area contributed by atoms with Crippen LogP contribution in [0, 0.1) is 24.6 Å². The number of nitrogens with one attached hydrogen (secondary N) is 1. The molecule has 0 aromatic heterocycles. The van der Waals surface area contributed by atoms with Gasteiger partial charge in [0.1, 0.15) is 5.82 Å². The number of carbonyl (C=O) groups is 2. The van der Waals surface area contributed by atoms with Crippen LogP contribution in [0.2, 0.25) is 0 Å². The molecule has 2 atom stereocenters. The zero-order valence-electron chi connectivity index (χ0n) is 14.6. The Kier molecular flexibility index (Phi) is 5.28. The summed E-state index contributed by atoms with van der Waals surface area (Å²) in [5, 5.41) is 12.9. The van der Waals surface area contributed by atoms with Crippen molar-refractivity contribution in [2.45, 2.75) is 39.7 Å². The van der Waals surface area contributed by atoms with Gasteiger partial charge in [-0.25, -0.2) is 4.39 Å². The van der Waals surface area contributed by atoms with E-state index in [0.29, 0.717) is 0 Å². The lowest BCUT2D eigenvalue weighted by Crippen LogP contribution is -2.46. The second-order valence-corrected chi connectivity index (χ2v) is 7.09. The van der Waals surface area contributed by atoms with E-state index in [1.165, 1.54) is 11.0 Å². The molecule has 132 valence electrons. The molecule has 24 heavy (non-hydrogen) atoms. The summed E-state index contributed by atoms with van der Waals surface area (Å²) in [5.74, 6) is -1.58. The van der Waals surface area contributed by atoms with Crippen molar-refractivity contribution in [2.24, 2.45) is 11.8 Å². The first-order valence-corrected chi connectivity index (χ1v) is 8.18.